The van der Waals surface area contributed by atoms with Gasteiger partial charge in [-0.2, -0.15) is 0 Å². The maximum Gasteiger partial charge on any atom is 0.146 e. The van der Waals surface area contributed by atoms with E-state index in [0.717, 1.165) is 52.1 Å². The SMILES string of the molecule is c1ccc(-c2c(-c3ccncc3OC[C@H]3CCN3)[nH]c3cccnc23)cc1. The number of aromatic amines is 1. The van der Waals surface area contributed by atoms with Crippen molar-refractivity contribution in [3.8, 4) is 28.1 Å². The molecule has 0 saturated carbocycles. The molecule has 0 unspecified atom stereocenters. The summed E-state index contributed by atoms with van der Waals surface area (Å²) < 4.78 is 6.12. The highest BCUT2D eigenvalue weighted by Crippen LogP contribution is 2.40. The minimum Gasteiger partial charge on any atom is -0.490 e. The molecule has 1 saturated heterocycles. The minimum atomic E-state index is 0.427. The Kier molecular flexibility index (Phi) is 4.07. The van der Waals surface area contributed by atoms with Crippen LogP contribution in [0.3, 0.4) is 0 Å². The average molecular weight is 356 g/mol. The van der Waals surface area contributed by atoms with Gasteiger partial charge in [0.2, 0.25) is 0 Å². The van der Waals surface area contributed by atoms with Gasteiger partial charge in [-0.15, -0.1) is 0 Å². The van der Waals surface area contributed by atoms with Crippen LogP contribution in [0, 0.1) is 0 Å². The molecular formula is C22H20N4O. The predicted octanol–water partition coefficient (Wildman–Crippen LogP) is 4.03. The molecule has 4 aromatic rings. The van der Waals surface area contributed by atoms with Crippen LogP contribution in [0.4, 0.5) is 0 Å². The van der Waals surface area contributed by atoms with Crippen molar-refractivity contribution in [1.29, 1.82) is 0 Å². The molecule has 0 bridgehead atoms. The zero-order valence-corrected chi connectivity index (χ0v) is 14.9. The van der Waals surface area contributed by atoms with E-state index in [1.165, 1.54) is 0 Å². The van der Waals surface area contributed by atoms with E-state index in [0.29, 0.717) is 12.6 Å². The fourth-order valence-electron chi connectivity index (χ4n) is 3.49. The molecular weight excluding hydrogens is 336 g/mol. The van der Waals surface area contributed by atoms with Gasteiger partial charge in [0.05, 0.1) is 22.9 Å². The van der Waals surface area contributed by atoms with Gasteiger partial charge in [0, 0.05) is 29.6 Å². The summed E-state index contributed by atoms with van der Waals surface area (Å²) in [6.07, 6.45) is 6.58. The van der Waals surface area contributed by atoms with Crippen LogP contribution >= 0.6 is 0 Å². The number of hydrogen-bond acceptors (Lipinski definition) is 4. The highest BCUT2D eigenvalue weighted by atomic mass is 16.5. The van der Waals surface area contributed by atoms with Crippen molar-refractivity contribution in [2.75, 3.05) is 13.2 Å². The van der Waals surface area contributed by atoms with Gasteiger partial charge < -0.3 is 15.0 Å². The Balaban J connectivity index is 1.65. The molecule has 2 N–H and O–H groups in total. The second-order valence-electron chi connectivity index (χ2n) is 6.76. The molecule has 3 aromatic heterocycles. The maximum atomic E-state index is 6.12. The second-order valence-corrected chi connectivity index (χ2v) is 6.76. The van der Waals surface area contributed by atoms with Crippen LogP contribution in [0.2, 0.25) is 0 Å². The predicted molar refractivity (Wildman–Crippen MR) is 107 cm³/mol. The smallest absolute Gasteiger partial charge is 0.146 e. The number of hydrogen-bond donors (Lipinski definition) is 2. The first kappa shape index (κ1) is 16.0. The van der Waals surface area contributed by atoms with Gasteiger partial charge in [-0.25, -0.2) is 0 Å². The van der Waals surface area contributed by atoms with E-state index in [1.807, 2.05) is 36.5 Å². The first-order chi connectivity index (χ1) is 13.4. The Morgan fingerprint density at radius 3 is 2.74 bits per heavy atom. The van der Waals surface area contributed by atoms with Crippen molar-refractivity contribution in [3.63, 3.8) is 0 Å². The van der Waals surface area contributed by atoms with Crippen molar-refractivity contribution in [2.24, 2.45) is 0 Å². The van der Waals surface area contributed by atoms with Gasteiger partial charge >= 0.3 is 0 Å². The van der Waals surface area contributed by atoms with Crippen LogP contribution in [-0.2, 0) is 0 Å². The van der Waals surface area contributed by atoms with Crippen molar-refractivity contribution in [3.05, 3.63) is 67.1 Å². The van der Waals surface area contributed by atoms with Crippen LogP contribution in [0.1, 0.15) is 6.42 Å². The number of nitrogens with one attached hydrogen (secondary N) is 2. The highest BCUT2D eigenvalue weighted by molar-refractivity contribution is 6.02. The fraction of sp³-hybridized carbons (Fsp3) is 0.182. The summed E-state index contributed by atoms with van der Waals surface area (Å²) in [5.74, 6) is 0.787. The Hall–Kier alpha value is -3.18. The summed E-state index contributed by atoms with van der Waals surface area (Å²) >= 11 is 0. The molecule has 0 amide bonds. The van der Waals surface area contributed by atoms with E-state index >= 15 is 0 Å². The van der Waals surface area contributed by atoms with Crippen LogP contribution in [0.25, 0.3) is 33.4 Å². The molecule has 4 heterocycles. The number of rotatable bonds is 5. The van der Waals surface area contributed by atoms with E-state index in [1.54, 1.807) is 12.4 Å². The topological polar surface area (TPSA) is 62.8 Å². The Bertz CT molecular complexity index is 1070. The number of aromatic nitrogens is 3. The molecule has 1 atom stereocenters. The largest absolute Gasteiger partial charge is 0.490 e. The lowest BCUT2D eigenvalue weighted by Gasteiger charge is -2.27. The molecule has 0 spiro atoms. The second kappa shape index (κ2) is 6.85. The van der Waals surface area contributed by atoms with Gasteiger partial charge in [-0.3, -0.25) is 9.97 Å². The van der Waals surface area contributed by atoms with E-state index in [2.05, 4.69) is 38.5 Å². The number of H-pyrrole nitrogens is 1. The van der Waals surface area contributed by atoms with Crippen molar-refractivity contribution >= 4 is 11.0 Å². The first-order valence-electron chi connectivity index (χ1n) is 9.23. The van der Waals surface area contributed by atoms with Gasteiger partial charge in [0.25, 0.3) is 0 Å². The summed E-state index contributed by atoms with van der Waals surface area (Å²) in [6.45, 7) is 1.72. The van der Waals surface area contributed by atoms with Gasteiger partial charge in [0.15, 0.2) is 0 Å². The number of pyridine rings is 2. The summed E-state index contributed by atoms with van der Waals surface area (Å²) in [4.78, 5) is 12.5. The van der Waals surface area contributed by atoms with Crippen LogP contribution < -0.4 is 10.1 Å². The van der Waals surface area contributed by atoms with Gasteiger partial charge in [-0.1, -0.05) is 30.3 Å². The van der Waals surface area contributed by atoms with Gasteiger partial charge in [-0.05, 0) is 36.7 Å². The monoisotopic (exact) mass is 356 g/mol. The highest BCUT2D eigenvalue weighted by Gasteiger charge is 2.21. The third kappa shape index (κ3) is 2.96. The summed E-state index contributed by atoms with van der Waals surface area (Å²) in [7, 11) is 0. The maximum absolute atomic E-state index is 6.12. The molecule has 0 radical (unpaired) electrons. The van der Waals surface area contributed by atoms with E-state index in [9.17, 15) is 0 Å². The minimum absolute atomic E-state index is 0.427. The molecule has 1 aliphatic rings. The fourth-order valence-corrected chi connectivity index (χ4v) is 3.49. The molecule has 5 heteroatoms. The Morgan fingerprint density at radius 2 is 1.93 bits per heavy atom. The molecule has 1 aliphatic heterocycles. The zero-order chi connectivity index (χ0) is 18.1. The molecule has 1 fully saturated rings. The Labute approximate surface area is 157 Å². The molecule has 134 valence electrons. The number of ether oxygens (including phenoxy) is 1. The van der Waals surface area contributed by atoms with E-state index < -0.39 is 0 Å². The number of nitrogens with zero attached hydrogens (tertiary/aromatic N) is 2. The first-order valence-corrected chi connectivity index (χ1v) is 9.23. The lowest BCUT2D eigenvalue weighted by atomic mass is 10.0. The van der Waals surface area contributed by atoms with Crippen LogP contribution in [-0.4, -0.2) is 34.1 Å². The number of benzene rings is 1. The van der Waals surface area contributed by atoms with Crippen LogP contribution in [0.15, 0.2) is 67.1 Å². The van der Waals surface area contributed by atoms with Crippen molar-refractivity contribution in [1.82, 2.24) is 20.3 Å². The standard InChI is InChI=1S/C22H20N4O/c1-2-5-15(6-3-1)20-21(26-18-7-4-10-25-22(18)20)17-9-11-23-13-19(17)27-14-16-8-12-24-16/h1-7,9-11,13,16,24,26H,8,12,14H2/t16-/m1/s1. The van der Waals surface area contributed by atoms with E-state index in [-0.39, 0.29) is 0 Å². The third-order valence-corrected chi connectivity index (χ3v) is 5.04. The number of fused-ring (bicyclic) bond motifs is 1. The molecule has 27 heavy (non-hydrogen) atoms. The lowest BCUT2D eigenvalue weighted by Crippen LogP contribution is -2.46. The third-order valence-electron chi connectivity index (χ3n) is 5.04. The summed E-state index contributed by atoms with van der Waals surface area (Å²) in [6, 6.07) is 16.8. The quantitative estimate of drug-likeness (QED) is 0.567. The van der Waals surface area contributed by atoms with Gasteiger partial charge in [0.1, 0.15) is 12.4 Å². The van der Waals surface area contributed by atoms with E-state index in [4.69, 9.17) is 4.74 Å². The van der Waals surface area contributed by atoms with Crippen molar-refractivity contribution < 1.29 is 4.74 Å². The molecule has 5 nitrogen and oxygen atoms in total. The molecule has 0 aliphatic carbocycles. The van der Waals surface area contributed by atoms with Crippen LogP contribution in [0.5, 0.6) is 5.75 Å². The average Bonchev–Trinajstić information content (AvgIpc) is 3.07. The molecule has 5 rings (SSSR count). The Morgan fingerprint density at radius 1 is 1.04 bits per heavy atom. The molecule has 1 aromatic carbocycles. The summed E-state index contributed by atoms with van der Waals surface area (Å²) in [5.41, 5.74) is 6.19. The summed E-state index contributed by atoms with van der Waals surface area (Å²) in [5, 5.41) is 3.37. The zero-order valence-electron chi connectivity index (χ0n) is 14.9. The lowest BCUT2D eigenvalue weighted by molar-refractivity contribution is 0.217. The van der Waals surface area contributed by atoms with Crippen molar-refractivity contribution in [2.45, 2.75) is 12.5 Å². The normalized spacial score (nSPS) is 16.2.